The molecule has 0 aliphatic carbocycles. The molecule has 2 amide bonds. The fourth-order valence-corrected chi connectivity index (χ4v) is 2.67. The SMILES string of the molecule is Cc1ccccc1OCC(=O)N1CCC(C(=O)NCC(F)(F)F)CC1. The maximum Gasteiger partial charge on any atom is 0.405 e. The van der Waals surface area contributed by atoms with E-state index in [1.807, 2.05) is 30.4 Å². The minimum atomic E-state index is -4.42. The van der Waals surface area contributed by atoms with Crippen molar-refractivity contribution in [1.82, 2.24) is 10.2 Å². The summed E-state index contributed by atoms with van der Waals surface area (Å²) in [5.41, 5.74) is 0.926. The fourth-order valence-electron chi connectivity index (χ4n) is 2.67. The predicted octanol–water partition coefficient (Wildman–Crippen LogP) is 2.29. The first-order chi connectivity index (χ1) is 11.8. The van der Waals surface area contributed by atoms with Crippen LogP contribution in [0.1, 0.15) is 18.4 Å². The summed E-state index contributed by atoms with van der Waals surface area (Å²) in [6.45, 7) is 1.12. The molecule has 1 saturated heterocycles. The summed E-state index contributed by atoms with van der Waals surface area (Å²) in [4.78, 5) is 25.5. The van der Waals surface area contributed by atoms with Gasteiger partial charge in [-0.3, -0.25) is 9.59 Å². The van der Waals surface area contributed by atoms with Gasteiger partial charge < -0.3 is 15.0 Å². The van der Waals surface area contributed by atoms with Gasteiger partial charge in [-0.15, -0.1) is 0 Å². The Bertz CT molecular complexity index is 611. The molecule has 1 aromatic carbocycles. The van der Waals surface area contributed by atoms with Gasteiger partial charge in [0.15, 0.2) is 6.61 Å². The van der Waals surface area contributed by atoms with Crippen LogP contribution in [-0.2, 0) is 9.59 Å². The minimum absolute atomic E-state index is 0.101. The first-order valence-corrected chi connectivity index (χ1v) is 8.07. The summed E-state index contributed by atoms with van der Waals surface area (Å²) < 4.78 is 41.9. The normalized spacial score (nSPS) is 15.8. The monoisotopic (exact) mass is 358 g/mol. The molecule has 25 heavy (non-hydrogen) atoms. The molecule has 8 heteroatoms. The molecular weight excluding hydrogens is 337 g/mol. The quantitative estimate of drug-likeness (QED) is 0.879. The van der Waals surface area contributed by atoms with Crippen molar-refractivity contribution in [3.8, 4) is 5.75 Å². The lowest BCUT2D eigenvalue weighted by atomic mass is 9.96. The first-order valence-electron chi connectivity index (χ1n) is 8.07. The fraction of sp³-hybridized carbons (Fsp3) is 0.529. The summed E-state index contributed by atoms with van der Waals surface area (Å²) in [5, 5.41) is 1.90. The van der Waals surface area contributed by atoms with E-state index >= 15 is 0 Å². The predicted molar refractivity (Wildman–Crippen MR) is 85.0 cm³/mol. The molecule has 0 bridgehead atoms. The Balaban J connectivity index is 1.75. The lowest BCUT2D eigenvalue weighted by Gasteiger charge is -2.31. The topological polar surface area (TPSA) is 58.6 Å². The molecule has 0 atom stereocenters. The Morgan fingerprint density at radius 3 is 2.48 bits per heavy atom. The van der Waals surface area contributed by atoms with Crippen LogP contribution < -0.4 is 10.1 Å². The second kappa shape index (κ2) is 8.22. The molecule has 5 nitrogen and oxygen atoms in total. The van der Waals surface area contributed by atoms with Crippen molar-refractivity contribution < 1.29 is 27.5 Å². The number of halogens is 3. The number of carbonyl (C=O) groups excluding carboxylic acids is 2. The smallest absolute Gasteiger partial charge is 0.405 e. The highest BCUT2D eigenvalue weighted by Gasteiger charge is 2.31. The number of nitrogens with zero attached hydrogens (tertiary/aromatic N) is 1. The average molecular weight is 358 g/mol. The van der Waals surface area contributed by atoms with Gasteiger partial charge in [0, 0.05) is 19.0 Å². The molecule has 138 valence electrons. The van der Waals surface area contributed by atoms with Gasteiger partial charge in [0.05, 0.1) is 0 Å². The highest BCUT2D eigenvalue weighted by molar-refractivity contribution is 5.80. The summed E-state index contributed by atoms with van der Waals surface area (Å²) in [7, 11) is 0. The molecule has 0 aromatic heterocycles. The highest BCUT2D eigenvalue weighted by Crippen LogP contribution is 2.20. The molecule has 1 fully saturated rings. The van der Waals surface area contributed by atoms with Gasteiger partial charge in [-0.2, -0.15) is 13.2 Å². The van der Waals surface area contributed by atoms with Crippen molar-refractivity contribution in [2.24, 2.45) is 5.92 Å². The number of piperidine rings is 1. The number of para-hydroxylation sites is 1. The Hall–Kier alpha value is -2.25. The van der Waals surface area contributed by atoms with Crippen molar-refractivity contribution in [3.05, 3.63) is 29.8 Å². The number of ether oxygens (including phenoxy) is 1. The zero-order valence-electron chi connectivity index (χ0n) is 13.9. The zero-order valence-corrected chi connectivity index (χ0v) is 13.9. The zero-order chi connectivity index (χ0) is 18.4. The number of nitrogens with one attached hydrogen (secondary N) is 1. The Morgan fingerprint density at radius 2 is 1.88 bits per heavy atom. The number of rotatable bonds is 5. The van der Waals surface area contributed by atoms with Crippen LogP contribution in [-0.4, -0.2) is 49.1 Å². The van der Waals surface area contributed by atoms with E-state index in [9.17, 15) is 22.8 Å². The summed E-state index contributed by atoms with van der Waals surface area (Å²) in [5.74, 6) is -0.668. The van der Waals surface area contributed by atoms with E-state index in [-0.39, 0.29) is 12.5 Å². The third-order valence-electron chi connectivity index (χ3n) is 4.13. The van der Waals surface area contributed by atoms with Crippen LogP contribution in [0.5, 0.6) is 5.75 Å². The minimum Gasteiger partial charge on any atom is -0.484 e. The van der Waals surface area contributed by atoms with Crippen LogP contribution in [0.3, 0.4) is 0 Å². The van der Waals surface area contributed by atoms with E-state index in [1.54, 1.807) is 11.0 Å². The molecule has 0 radical (unpaired) electrons. The third kappa shape index (κ3) is 5.95. The van der Waals surface area contributed by atoms with Crippen LogP contribution in [0.15, 0.2) is 24.3 Å². The third-order valence-corrected chi connectivity index (χ3v) is 4.13. The molecule has 0 unspecified atom stereocenters. The number of carbonyl (C=O) groups is 2. The van der Waals surface area contributed by atoms with E-state index in [1.165, 1.54) is 0 Å². The maximum atomic E-state index is 12.2. The van der Waals surface area contributed by atoms with Gasteiger partial charge in [0.25, 0.3) is 5.91 Å². The summed E-state index contributed by atoms with van der Waals surface area (Å²) in [6.07, 6.45) is -3.72. The Labute approximate surface area is 144 Å². The van der Waals surface area contributed by atoms with Gasteiger partial charge in [-0.05, 0) is 31.4 Å². The number of hydrogen-bond acceptors (Lipinski definition) is 3. The van der Waals surface area contributed by atoms with E-state index in [0.717, 1.165) is 5.56 Å². The largest absolute Gasteiger partial charge is 0.484 e. The van der Waals surface area contributed by atoms with Crippen LogP contribution >= 0.6 is 0 Å². The maximum absolute atomic E-state index is 12.2. The number of amides is 2. The lowest BCUT2D eigenvalue weighted by molar-refractivity contribution is -0.143. The highest BCUT2D eigenvalue weighted by atomic mass is 19.4. The molecule has 1 heterocycles. The van der Waals surface area contributed by atoms with Gasteiger partial charge in [0.2, 0.25) is 5.91 Å². The molecular formula is C17H21F3N2O3. The molecule has 1 aromatic rings. The van der Waals surface area contributed by atoms with E-state index in [0.29, 0.717) is 31.7 Å². The van der Waals surface area contributed by atoms with Crippen molar-refractivity contribution >= 4 is 11.8 Å². The van der Waals surface area contributed by atoms with Crippen LogP contribution in [0, 0.1) is 12.8 Å². The van der Waals surface area contributed by atoms with Crippen molar-refractivity contribution in [3.63, 3.8) is 0 Å². The second-order valence-electron chi connectivity index (χ2n) is 6.04. The van der Waals surface area contributed by atoms with E-state index < -0.39 is 24.5 Å². The van der Waals surface area contributed by atoms with Crippen LogP contribution in [0.25, 0.3) is 0 Å². The molecule has 1 aliphatic heterocycles. The van der Waals surface area contributed by atoms with Crippen molar-refractivity contribution in [1.29, 1.82) is 0 Å². The second-order valence-corrected chi connectivity index (χ2v) is 6.04. The molecule has 0 spiro atoms. The summed E-state index contributed by atoms with van der Waals surface area (Å²) in [6, 6.07) is 7.35. The lowest BCUT2D eigenvalue weighted by Crippen LogP contribution is -2.45. The summed E-state index contributed by atoms with van der Waals surface area (Å²) >= 11 is 0. The Morgan fingerprint density at radius 1 is 1.24 bits per heavy atom. The van der Waals surface area contributed by atoms with Crippen LogP contribution in [0.4, 0.5) is 13.2 Å². The standard InChI is InChI=1S/C17H21F3N2O3/c1-12-4-2-3-5-14(12)25-10-15(23)22-8-6-13(7-9-22)16(24)21-11-17(18,19)20/h2-5,13H,6-11H2,1H3,(H,21,24). The number of alkyl halides is 3. The van der Waals surface area contributed by atoms with Crippen molar-refractivity contribution in [2.45, 2.75) is 25.9 Å². The number of likely N-dealkylation sites (tertiary alicyclic amines) is 1. The number of benzene rings is 1. The molecule has 0 saturated carbocycles. The van der Waals surface area contributed by atoms with Crippen molar-refractivity contribution in [2.75, 3.05) is 26.2 Å². The van der Waals surface area contributed by atoms with Crippen LogP contribution in [0.2, 0.25) is 0 Å². The number of hydrogen-bond donors (Lipinski definition) is 1. The molecule has 1 N–H and O–H groups in total. The van der Waals surface area contributed by atoms with Gasteiger partial charge in [-0.25, -0.2) is 0 Å². The Kier molecular flexibility index (Phi) is 6.27. The average Bonchev–Trinajstić information content (AvgIpc) is 2.58. The van der Waals surface area contributed by atoms with Gasteiger partial charge in [0.1, 0.15) is 12.3 Å². The van der Waals surface area contributed by atoms with Gasteiger partial charge in [-0.1, -0.05) is 18.2 Å². The van der Waals surface area contributed by atoms with E-state index in [2.05, 4.69) is 0 Å². The first kappa shape index (κ1) is 19.1. The van der Waals surface area contributed by atoms with E-state index in [4.69, 9.17) is 4.74 Å². The van der Waals surface area contributed by atoms with Gasteiger partial charge >= 0.3 is 6.18 Å². The number of aryl methyl sites for hydroxylation is 1. The molecule has 1 aliphatic rings. The molecule has 2 rings (SSSR count).